The van der Waals surface area contributed by atoms with Gasteiger partial charge >= 0.3 is 0 Å². The number of aromatic amines is 2. The Morgan fingerprint density at radius 3 is 2.36 bits per heavy atom. The van der Waals surface area contributed by atoms with Crippen LogP contribution in [-0.4, -0.2) is 76.4 Å². The zero-order chi connectivity index (χ0) is 26.6. The van der Waals surface area contributed by atoms with E-state index in [1.54, 1.807) is 14.2 Å². The van der Waals surface area contributed by atoms with Crippen molar-refractivity contribution in [3.63, 3.8) is 0 Å². The van der Waals surface area contributed by atoms with Gasteiger partial charge in [0, 0.05) is 24.3 Å². The Bertz CT molecular complexity index is 1360. The van der Waals surface area contributed by atoms with Crippen LogP contribution in [-0.2, 0) is 19.4 Å². The van der Waals surface area contributed by atoms with Gasteiger partial charge in [-0.05, 0) is 106 Å². The number of nitrogens with zero attached hydrogens (tertiary/aromatic N) is 4. The van der Waals surface area contributed by atoms with E-state index in [4.69, 9.17) is 14.5 Å². The Morgan fingerprint density at radius 1 is 0.846 bits per heavy atom. The number of imidazole rings is 1. The third-order valence-electron chi connectivity index (χ3n) is 8.39. The molecule has 2 saturated heterocycles. The minimum Gasteiger partial charge on any atom is -0.497 e. The van der Waals surface area contributed by atoms with Gasteiger partial charge in [0.15, 0.2) is 5.82 Å². The van der Waals surface area contributed by atoms with E-state index in [0.717, 1.165) is 70.7 Å². The number of likely N-dealkylation sites (tertiary alicyclic amines) is 2. The van der Waals surface area contributed by atoms with Crippen molar-refractivity contribution in [3.8, 4) is 23.0 Å². The highest BCUT2D eigenvalue weighted by atomic mass is 16.5. The summed E-state index contributed by atoms with van der Waals surface area (Å²) >= 11 is 0. The molecule has 2 aliphatic heterocycles. The first-order chi connectivity index (χ1) is 19.2. The van der Waals surface area contributed by atoms with Crippen molar-refractivity contribution in [2.24, 2.45) is 0 Å². The van der Waals surface area contributed by atoms with Gasteiger partial charge in [-0.1, -0.05) is 12.5 Å². The number of benzene rings is 2. The predicted octanol–water partition coefficient (Wildman–Crippen LogP) is 5.21. The molecule has 2 aliphatic rings. The van der Waals surface area contributed by atoms with E-state index in [1.807, 2.05) is 18.2 Å². The van der Waals surface area contributed by atoms with Gasteiger partial charge in [-0.2, -0.15) is 5.10 Å². The van der Waals surface area contributed by atoms with Gasteiger partial charge in [-0.15, -0.1) is 0 Å². The van der Waals surface area contributed by atoms with Gasteiger partial charge < -0.3 is 19.4 Å². The molecule has 0 spiro atoms. The normalized spacial score (nSPS) is 17.6. The summed E-state index contributed by atoms with van der Waals surface area (Å²) in [5.41, 5.74) is 6.44. The molecule has 0 saturated carbocycles. The summed E-state index contributed by atoms with van der Waals surface area (Å²) in [7, 11) is 3.35. The fraction of sp³-hybridized carbons (Fsp3) is 0.484. The van der Waals surface area contributed by atoms with Gasteiger partial charge in [-0.3, -0.25) is 10.00 Å². The van der Waals surface area contributed by atoms with E-state index < -0.39 is 0 Å². The number of rotatable bonds is 9. The summed E-state index contributed by atoms with van der Waals surface area (Å²) in [5.74, 6) is 2.41. The highest BCUT2D eigenvalue weighted by molar-refractivity contribution is 5.79. The van der Waals surface area contributed by atoms with Crippen molar-refractivity contribution in [1.82, 2.24) is 30.0 Å². The van der Waals surface area contributed by atoms with Crippen LogP contribution in [0.15, 0.2) is 42.5 Å². The molecule has 0 bridgehead atoms. The lowest BCUT2D eigenvalue weighted by molar-refractivity contribution is 0.0897. The third kappa shape index (κ3) is 6.12. The fourth-order valence-electron chi connectivity index (χ4n) is 6.16. The Balaban J connectivity index is 1.07. The van der Waals surface area contributed by atoms with Crippen LogP contribution in [0.2, 0.25) is 0 Å². The zero-order valence-corrected chi connectivity index (χ0v) is 23.2. The summed E-state index contributed by atoms with van der Waals surface area (Å²) in [4.78, 5) is 13.7. The summed E-state index contributed by atoms with van der Waals surface area (Å²) in [6.45, 7) is 5.97. The van der Waals surface area contributed by atoms with Crippen LogP contribution in [0.4, 0.5) is 0 Å². The number of hydrogen-bond donors (Lipinski definition) is 2. The second kappa shape index (κ2) is 11.8. The number of hydrogen-bond acceptors (Lipinski definition) is 6. The first kappa shape index (κ1) is 25.9. The second-order valence-electron chi connectivity index (χ2n) is 11.0. The van der Waals surface area contributed by atoms with E-state index in [2.05, 4.69) is 49.2 Å². The summed E-state index contributed by atoms with van der Waals surface area (Å²) in [6, 6.07) is 15.5. The molecular formula is C31H40N6O2. The van der Waals surface area contributed by atoms with E-state index in [1.165, 1.54) is 63.8 Å². The smallest absolute Gasteiger partial charge is 0.159 e. The molecular weight excluding hydrogens is 488 g/mol. The van der Waals surface area contributed by atoms with E-state index >= 15 is 0 Å². The third-order valence-corrected chi connectivity index (χ3v) is 8.39. The predicted molar refractivity (Wildman–Crippen MR) is 154 cm³/mol. The van der Waals surface area contributed by atoms with Crippen LogP contribution in [0.3, 0.4) is 0 Å². The molecule has 0 unspecified atom stereocenters. The van der Waals surface area contributed by atoms with Crippen LogP contribution in [0.1, 0.15) is 48.9 Å². The quantitative estimate of drug-likeness (QED) is 0.311. The molecule has 2 aromatic heterocycles. The highest BCUT2D eigenvalue weighted by Gasteiger charge is 2.25. The molecule has 8 heteroatoms. The van der Waals surface area contributed by atoms with Crippen LogP contribution in [0.5, 0.6) is 11.5 Å². The number of piperidine rings is 2. The van der Waals surface area contributed by atoms with Gasteiger partial charge in [0.25, 0.3) is 0 Å². The SMILES string of the molecule is COc1cc(CCc2cc(-c3nc4cc(CN5CCC(N6CCCCC6)CC5)ccc4[nH]3)n[nH]2)cc(OC)c1. The lowest BCUT2D eigenvalue weighted by Crippen LogP contribution is -2.46. The summed E-state index contributed by atoms with van der Waals surface area (Å²) < 4.78 is 10.8. The van der Waals surface area contributed by atoms with Crippen molar-refractivity contribution in [1.29, 1.82) is 0 Å². The number of fused-ring (bicyclic) bond motifs is 1. The van der Waals surface area contributed by atoms with E-state index in [-0.39, 0.29) is 0 Å². The van der Waals surface area contributed by atoms with E-state index in [0.29, 0.717) is 0 Å². The molecule has 2 fully saturated rings. The van der Waals surface area contributed by atoms with Crippen LogP contribution >= 0.6 is 0 Å². The number of ether oxygens (including phenoxy) is 2. The van der Waals surface area contributed by atoms with Gasteiger partial charge in [0.1, 0.15) is 17.2 Å². The largest absolute Gasteiger partial charge is 0.497 e. The average molecular weight is 529 g/mol. The Hall–Kier alpha value is -3.36. The molecule has 206 valence electrons. The number of nitrogens with one attached hydrogen (secondary N) is 2. The molecule has 2 aromatic carbocycles. The molecule has 2 N–H and O–H groups in total. The maximum atomic E-state index is 5.40. The van der Waals surface area contributed by atoms with Crippen molar-refractivity contribution in [2.75, 3.05) is 40.4 Å². The lowest BCUT2D eigenvalue weighted by Gasteiger charge is -2.40. The molecule has 6 rings (SSSR count). The molecule has 0 aliphatic carbocycles. The number of methoxy groups -OCH3 is 2. The lowest BCUT2D eigenvalue weighted by atomic mass is 9.99. The molecule has 0 radical (unpaired) electrons. The highest BCUT2D eigenvalue weighted by Crippen LogP contribution is 2.26. The van der Waals surface area contributed by atoms with Gasteiger partial charge in [0.05, 0.1) is 25.3 Å². The number of H-pyrrole nitrogens is 2. The standard InChI is InChI=1S/C31H40N6O2/c1-38-26-16-22(17-27(20-26)39-2)6-8-24-19-30(35-34-24)31-32-28-9-7-23(18-29(28)33-31)21-36-14-10-25(11-15-36)37-12-4-3-5-13-37/h7,9,16-20,25H,3-6,8,10-15,21H2,1-2H3,(H,32,33)(H,34,35). The average Bonchev–Trinajstić information content (AvgIpc) is 3.64. The van der Waals surface area contributed by atoms with Crippen LogP contribution < -0.4 is 9.47 Å². The van der Waals surface area contributed by atoms with E-state index in [9.17, 15) is 0 Å². The first-order valence-corrected chi connectivity index (χ1v) is 14.4. The Kier molecular flexibility index (Phi) is 7.83. The topological polar surface area (TPSA) is 82.3 Å². The maximum absolute atomic E-state index is 5.40. The van der Waals surface area contributed by atoms with Crippen LogP contribution in [0, 0.1) is 0 Å². The maximum Gasteiger partial charge on any atom is 0.159 e. The molecule has 0 amide bonds. The fourth-order valence-corrected chi connectivity index (χ4v) is 6.16. The number of aromatic nitrogens is 4. The minimum atomic E-state index is 0.787. The van der Waals surface area contributed by atoms with Crippen molar-refractivity contribution in [3.05, 3.63) is 59.3 Å². The minimum absolute atomic E-state index is 0.787. The van der Waals surface area contributed by atoms with Crippen molar-refractivity contribution >= 4 is 11.0 Å². The monoisotopic (exact) mass is 528 g/mol. The van der Waals surface area contributed by atoms with Gasteiger partial charge in [0.2, 0.25) is 0 Å². The molecule has 4 heterocycles. The van der Waals surface area contributed by atoms with Crippen LogP contribution in [0.25, 0.3) is 22.6 Å². The summed E-state index contributed by atoms with van der Waals surface area (Å²) in [5, 5.41) is 7.73. The van der Waals surface area contributed by atoms with Gasteiger partial charge in [-0.25, -0.2) is 4.98 Å². The molecule has 0 atom stereocenters. The van der Waals surface area contributed by atoms with Crippen molar-refractivity contribution in [2.45, 2.75) is 57.5 Å². The first-order valence-electron chi connectivity index (χ1n) is 14.4. The molecule has 4 aromatic rings. The van der Waals surface area contributed by atoms with Crippen molar-refractivity contribution < 1.29 is 9.47 Å². The summed E-state index contributed by atoms with van der Waals surface area (Å²) in [6.07, 6.45) is 8.45. The Morgan fingerprint density at radius 2 is 1.62 bits per heavy atom. The second-order valence-corrected chi connectivity index (χ2v) is 11.0. The molecule has 39 heavy (non-hydrogen) atoms. The molecule has 8 nitrogen and oxygen atoms in total. The zero-order valence-electron chi connectivity index (χ0n) is 23.2. The Labute approximate surface area is 230 Å². The number of aryl methyl sites for hydroxylation is 2.